The maximum absolute atomic E-state index is 11.9. The van der Waals surface area contributed by atoms with Crippen molar-refractivity contribution in [2.45, 2.75) is 32.9 Å². The molecule has 0 N–H and O–H groups in total. The van der Waals surface area contributed by atoms with E-state index in [0.29, 0.717) is 6.42 Å². The predicted molar refractivity (Wildman–Crippen MR) is 44.4 cm³/mol. The van der Waals surface area contributed by atoms with Crippen LogP contribution in [0.1, 0.15) is 26.7 Å². The van der Waals surface area contributed by atoms with Crippen molar-refractivity contribution in [3.63, 3.8) is 0 Å². The van der Waals surface area contributed by atoms with Gasteiger partial charge in [-0.3, -0.25) is 4.79 Å². The summed E-state index contributed by atoms with van der Waals surface area (Å²) in [5.41, 5.74) is 0. The minimum atomic E-state index is -4.59. The molecule has 0 unspecified atom stereocenters. The third-order valence-electron chi connectivity index (χ3n) is 1.34. The molecule has 0 bridgehead atoms. The van der Waals surface area contributed by atoms with Gasteiger partial charge in [0.25, 0.3) is 5.91 Å². The van der Waals surface area contributed by atoms with Gasteiger partial charge in [-0.05, 0) is 6.42 Å². The van der Waals surface area contributed by atoms with Gasteiger partial charge >= 0.3 is 12.1 Å². The molecular formula is C8H12F3NO3. The zero-order valence-corrected chi connectivity index (χ0v) is 8.43. The quantitative estimate of drug-likeness (QED) is 0.689. The summed E-state index contributed by atoms with van der Waals surface area (Å²) in [6.07, 6.45) is -4.17. The Balaban J connectivity index is 4.29. The van der Waals surface area contributed by atoms with E-state index in [0.717, 1.165) is 6.92 Å². The van der Waals surface area contributed by atoms with Crippen molar-refractivity contribution in [2.75, 3.05) is 6.54 Å². The number of hydrogen-bond donors (Lipinski definition) is 0. The molecule has 1 amide bonds. The lowest BCUT2D eigenvalue weighted by atomic mass is 10.3. The molecule has 0 aromatic heterocycles. The number of carbonyl (C=O) groups is 2. The topological polar surface area (TPSA) is 46.6 Å². The zero-order chi connectivity index (χ0) is 12.1. The highest BCUT2D eigenvalue weighted by Gasteiger charge is 2.34. The Morgan fingerprint density at radius 2 is 1.87 bits per heavy atom. The molecule has 0 saturated carbocycles. The SMILES string of the molecule is CCCC(=O)ON(CC(F)(F)F)C(C)=O. The number of amides is 1. The Hall–Kier alpha value is -1.27. The van der Waals surface area contributed by atoms with Crippen LogP contribution in [0.25, 0.3) is 0 Å². The van der Waals surface area contributed by atoms with Gasteiger partial charge in [0.1, 0.15) is 0 Å². The van der Waals surface area contributed by atoms with Crippen LogP contribution in [0.5, 0.6) is 0 Å². The van der Waals surface area contributed by atoms with E-state index in [1.54, 1.807) is 6.92 Å². The lowest BCUT2D eigenvalue weighted by molar-refractivity contribution is -0.229. The summed E-state index contributed by atoms with van der Waals surface area (Å²) in [6.45, 7) is 0.978. The van der Waals surface area contributed by atoms with Crippen LogP contribution in [0, 0.1) is 0 Å². The van der Waals surface area contributed by atoms with Crippen molar-refractivity contribution in [2.24, 2.45) is 0 Å². The van der Waals surface area contributed by atoms with Gasteiger partial charge in [-0.1, -0.05) is 6.92 Å². The van der Waals surface area contributed by atoms with E-state index < -0.39 is 24.6 Å². The Bertz CT molecular complexity index is 240. The Morgan fingerprint density at radius 3 is 2.20 bits per heavy atom. The first kappa shape index (κ1) is 13.7. The number of carbonyl (C=O) groups excluding carboxylic acids is 2. The van der Waals surface area contributed by atoms with Crippen LogP contribution in [0.2, 0.25) is 0 Å². The summed E-state index contributed by atoms with van der Waals surface area (Å²) in [5.74, 6) is -1.81. The second-order valence-electron chi connectivity index (χ2n) is 2.88. The van der Waals surface area contributed by atoms with E-state index in [1.165, 1.54) is 0 Å². The average molecular weight is 227 g/mol. The van der Waals surface area contributed by atoms with Gasteiger partial charge in [-0.15, -0.1) is 0 Å². The summed E-state index contributed by atoms with van der Waals surface area (Å²) >= 11 is 0. The minimum absolute atomic E-state index is 0.0119. The molecule has 0 radical (unpaired) electrons. The molecule has 0 fully saturated rings. The zero-order valence-electron chi connectivity index (χ0n) is 8.43. The number of hydrogen-bond acceptors (Lipinski definition) is 3. The predicted octanol–water partition coefficient (Wildman–Crippen LogP) is 1.66. The monoisotopic (exact) mass is 227 g/mol. The van der Waals surface area contributed by atoms with Crippen molar-refractivity contribution in [1.29, 1.82) is 0 Å². The molecule has 0 heterocycles. The molecule has 0 aliphatic carbocycles. The van der Waals surface area contributed by atoms with Crippen LogP contribution in [0.4, 0.5) is 13.2 Å². The Kier molecular flexibility index (Phi) is 5.10. The van der Waals surface area contributed by atoms with Gasteiger partial charge in [0.2, 0.25) is 0 Å². The Labute approximate surface area is 84.9 Å². The fourth-order valence-corrected chi connectivity index (χ4v) is 0.743. The Morgan fingerprint density at radius 1 is 1.33 bits per heavy atom. The highest BCUT2D eigenvalue weighted by molar-refractivity contribution is 5.76. The van der Waals surface area contributed by atoms with Crippen LogP contribution in [0.3, 0.4) is 0 Å². The van der Waals surface area contributed by atoms with Crippen molar-refractivity contribution < 1.29 is 27.6 Å². The number of halogens is 3. The van der Waals surface area contributed by atoms with Gasteiger partial charge in [0, 0.05) is 13.3 Å². The molecule has 0 aromatic carbocycles. The van der Waals surface area contributed by atoms with Gasteiger partial charge in [-0.2, -0.15) is 18.2 Å². The fourth-order valence-electron chi connectivity index (χ4n) is 0.743. The molecule has 0 rings (SSSR count). The van der Waals surface area contributed by atoms with Gasteiger partial charge in [0.05, 0.1) is 0 Å². The molecule has 88 valence electrons. The van der Waals surface area contributed by atoms with Crippen LogP contribution in [-0.2, 0) is 14.4 Å². The molecule has 0 aliphatic rings. The number of hydroxylamine groups is 2. The number of rotatable bonds is 3. The summed E-state index contributed by atoms with van der Waals surface area (Å²) in [5, 5.41) is 0.0119. The second-order valence-corrected chi connectivity index (χ2v) is 2.88. The third-order valence-corrected chi connectivity index (χ3v) is 1.34. The second kappa shape index (κ2) is 5.57. The van der Waals surface area contributed by atoms with E-state index in [1.807, 2.05) is 0 Å². The fraction of sp³-hybridized carbons (Fsp3) is 0.750. The minimum Gasteiger partial charge on any atom is -0.338 e. The molecule has 0 aliphatic heterocycles. The maximum atomic E-state index is 11.9. The van der Waals surface area contributed by atoms with Gasteiger partial charge in [-0.25, -0.2) is 4.79 Å². The van der Waals surface area contributed by atoms with Crippen molar-refractivity contribution in [1.82, 2.24) is 5.06 Å². The first-order valence-corrected chi connectivity index (χ1v) is 4.32. The van der Waals surface area contributed by atoms with E-state index >= 15 is 0 Å². The van der Waals surface area contributed by atoms with Crippen molar-refractivity contribution in [3.05, 3.63) is 0 Å². The molecule has 0 aromatic rings. The summed E-state index contributed by atoms with van der Waals surface area (Å²) in [6, 6.07) is 0. The molecule has 0 spiro atoms. The largest absolute Gasteiger partial charge is 0.409 e. The molecule has 4 nitrogen and oxygen atoms in total. The molecule has 15 heavy (non-hydrogen) atoms. The molecule has 0 saturated heterocycles. The smallest absolute Gasteiger partial charge is 0.338 e. The van der Waals surface area contributed by atoms with E-state index in [4.69, 9.17) is 0 Å². The highest BCUT2D eigenvalue weighted by atomic mass is 19.4. The van der Waals surface area contributed by atoms with Crippen molar-refractivity contribution in [3.8, 4) is 0 Å². The van der Waals surface area contributed by atoms with E-state index in [2.05, 4.69) is 4.84 Å². The first-order valence-electron chi connectivity index (χ1n) is 4.32. The summed E-state index contributed by atoms with van der Waals surface area (Å²) < 4.78 is 35.8. The highest BCUT2D eigenvalue weighted by Crippen LogP contribution is 2.17. The van der Waals surface area contributed by atoms with Crippen LogP contribution in [-0.4, -0.2) is 29.7 Å². The summed E-state index contributed by atoms with van der Waals surface area (Å²) in [7, 11) is 0. The maximum Gasteiger partial charge on any atom is 0.409 e. The lowest BCUT2D eigenvalue weighted by Gasteiger charge is -2.20. The number of alkyl halides is 3. The average Bonchev–Trinajstić information content (AvgIpc) is 2.00. The molecule has 7 heteroatoms. The van der Waals surface area contributed by atoms with E-state index in [9.17, 15) is 22.8 Å². The standard InChI is InChI=1S/C8H12F3NO3/c1-3-4-7(14)15-12(6(2)13)5-8(9,10)11/h3-5H2,1-2H3. The van der Waals surface area contributed by atoms with Crippen LogP contribution in [0.15, 0.2) is 0 Å². The van der Waals surface area contributed by atoms with Crippen LogP contribution >= 0.6 is 0 Å². The first-order chi connectivity index (χ1) is 6.76. The van der Waals surface area contributed by atoms with E-state index in [-0.39, 0.29) is 11.5 Å². The molecular weight excluding hydrogens is 215 g/mol. The summed E-state index contributed by atoms with van der Waals surface area (Å²) in [4.78, 5) is 25.8. The number of nitrogens with zero attached hydrogens (tertiary/aromatic N) is 1. The third kappa shape index (κ3) is 6.75. The van der Waals surface area contributed by atoms with Crippen molar-refractivity contribution >= 4 is 11.9 Å². The van der Waals surface area contributed by atoms with Crippen LogP contribution < -0.4 is 0 Å². The van der Waals surface area contributed by atoms with Gasteiger partial charge in [0.15, 0.2) is 6.54 Å². The molecule has 0 atom stereocenters. The van der Waals surface area contributed by atoms with Gasteiger partial charge < -0.3 is 4.84 Å². The normalized spacial score (nSPS) is 11.0. The lowest BCUT2D eigenvalue weighted by Crippen LogP contribution is -2.39.